The van der Waals surface area contributed by atoms with Crippen LogP contribution in [0.25, 0.3) is 0 Å². The fourth-order valence-electron chi connectivity index (χ4n) is 2.00. The van der Waals surface area contributed by atoms with Crippen molar-refractivity contribution in [2.75, 3.05) is 6.61 Å². The number of hydrogen-bond donors (Lipinski definition) is 2. The lowest BCUT2D eigenvalue weighted by Gasteiger charge is -2.16. The summed E-state index contributed by atoms with van der Waals surface area (Å²) in [5.74, 6) is 0. The van der Waals surface area contributed by atoms with E-state index in [2.05, 4.69) is 9.82 Å². The van der Waals surface area contributed by atoms with Crippen LogP contribution in [0.5, 0.6) is 0 Å². The highest BCUT2D eigenvalue weighted by molar-refractivity contribution is 7.89. The molecule has 0 aliphatic rings. The van der Waals surface area contributed by atoms with Gasteiger partial charge in [0.25, 0.3) is 0 Å². The van der Waals surface area contributed by atoms with Crippen molar-refractivity contribution in [1.82, 2.24) is 14.5 Å². The third-order valence-electron chi connectivity index (χ3n) is 3.01. The molecule has 0 amide bonds. The van der Waals surface area contributed by atoms with Crippen molar-refractivity contribution in [2.45, 2.75) is 37.2 Å². The lowest BCUT2D eigenvalue weighted by Crippen LogP contribution is -2.28. The maximum Gasteiger partial charge on any atom is 0.244 e. The van der Waals surface area contributed by atoms with Crippen LogP contribution in [0.4, 0.5) is 0 Å². The summed E-state index contributed by atoms with van der Waals surface area (Å²) < 4.78 is 29.0. The molecule has 0 radical (unpaired) electrons. The third kappa shape index (κ3) is 4.13. The van der Waals surface area contributed by atoms with Crippen molar-refractivity contribution in [3.05, 3.63) is 34.8 Å². The first kappa shape index (κ1) is 16.2. The van der Waals surface area contributed by atoms with Gasteiger partial charge in [-0.25, -0.2) is 13.1 Å². The van der Waals surface area contributed by atoms with Crippen molar-refractivity contribution >= 4 is 21.4 Å². The second kappa shape index (κ2) is 7.17. The summed E-state index contributed by atoms with van der Waals surface area (Å²) in [7, 11) is -3.61. The summed E-state index contributed by atoms with van der Waals surface area (Å²) in [6, 6.07) is 3.63. The third-order valence-corrected chi connectivity index (χ3v) is 5.42. The molecule has 0 aliphatic heterocycles. The van der Waals surface area contributed by atoms with Gasteiger partial charge in [-0.05, 0) is 17.9 Å². The van der Waals surface area contributed by atoms with E-state index in [4.69, 9.17) is 5.11 Å². The highest BCUT2D eigenvalue weighted by Gasteiger charge is 2.22. The van der Waals surface area contributed by atoms with E-state index < -0.39 is 10.0 Å². The predicted octanol–water partition coefficient (Wildman–Crippen LogP) is 1.76. The van der Waals surface area contributed by atoms with Crippen molar-refractivity contribution in [2.24, 2.45) is 0 Å². The molecule has 0 saturated carbocycles. The standard InChI is InChI=1S/C13H19N3O3S2/c1-2-4-12(13-5-3-8-20-13)15-21(18,19)11-9-14-16(10-11)6-7-17/h3,5,8-10,12,15,17H,2,4,6-7H2,1H3. The Morgan fingerprint density at radius 1 is 1.52 bits per heavy atom. The molecule has 116 valence electrons. The molecule has 6 nitrogen and oxygen atoms in total. The number of thiophene rings is 1. The molecule has 0 fully saturated rings. The molecule has 8 heteroatoms. The zero-order valence-corrected chi connectivity index (χ0v) is 13.4. The largest absolute Gasteiger partial charge is 0.394 e. The van der Waals surface area contributed by atoms with Crippen LogP contribution < -0.4 is 4.72 Å². The zero-order chi connectivity index (χ0) is 15.3. The molecule has 2 aromatic rings. The Hall–Kier alpha value is -1.22. The van der Waals surface area contributed by atoms with Crippen LogP contribution in [0.1, 0.15) is 30.7 Å². The number of nitrogens with one attached hydrogen (secondary N) is 1. The lowest BCUT2D eigenvalue weighted by atomic mass is 10.1. The molecule has 21 heavy (non-hydrogen) atoms. The van der Waals surface area contributed by atoms with Gasteiger partial charge in [-0.2, -0.15) is 5.10 Å². The molecular weight excluding hydrogens is 310 g/mol. The number of aromatic nitrogens is 2. The van der Waals surface area contributed by atoms with Crippen molar-refractivity contribution in [3.63, 3.8) is 0 Å². The van der Waals surface area contributed by atoms with Crippen LogP contribution in [0, 0.1) is 0 Å². The Morgan fingerprint density at radius 3 is 2.95 bits per heavy atom. The molecule has 0 saturated heterocycles. The van der Waals surface area contributed by atoms with Crippen molar-refractivity contribution in [3.8, 4) is 0 Å². The Morgan fingerprint density at radius 2 is 2.33 bits per heavy atom. The van der Waals surface area contributed by atoms with Gasteiger partial charge in [-0.15, -0.1) is 11.3 Å². The molecule has 2 aromatic heterocycles. The number of rotatable bonds is 8. The minimum atomic E-state index is -3.61. The summed E-state index contributed by atoms with van der Waals surface area (Å²) in [5.41, 5.74) is 0. The molecule has 1 atom stereocenters. The molecule has 0 aromatic carbocycles. The van der Waals surface area contributed by atoms with Crippen LogP contribution in [-0.2, 0) is 16.6 Å². The molecule has 0 spiro atoms. The molecule has 2 heterocycles. The second-order valence-corrected chi connectivity index (χ2v) is 7.33. The highest BCUT2D eigenvalue weighted by Crippen LogP contribution is 2.25. The molecule has 0 bridgehead atoms. The smallest absolute Gasteiger partial charge is 0.244 e. The van der Waals surface area contributed by atoms with E-state index >= 15 is 0 Å². The minimum Gasteiger partial charge on any atom is -0.394 e. The maximum atomic E-state index is 12.4. The van der Waals surface area contributed by atoms with Crippen LogP contribution >= 0.6 is 11.3 Å². The molecule has 2 N–H and O–H groups in total. The van der Waals surface area contributed by atoms with Gasteiger partial charge in [-0.1, -0.05) is 19.4 Å². The monoisotopic (exact) mass is 329 g/mol. The van der Waals surface area contributed by atoms with Gasteiger partial charge in [0.2, 0.25) is 10.0 Å². The Labute approximate surface area is 128 Å². The van der Waals surface area contributed by atoms with Crippen LogP contribution in [-0.4, -0.2) is 29.9 Å². The van der Waals surface area contributed by atoms with E-state index in [0.717, 1.165) is 17.7 Å². The summed E-state index contributed by atoms with van der Waals surface area (Å²) in [6.07, 6.45) is 4.35. The van der Waals surface area contributed by atoms with E-state index in [0.29, 0.717) is 0 Å². The minimum absolute atomic E-state index is 0.0811. The summed E-state index contributed by atoms with van der Waals surface area (Å²) >= 11 is 1.54. The topological polar surface area (TPSA) is 84.2 Å². The van der Waals surface area contributed by atoms with Gasteiger partial charge in [0.15, 0.2) is 0 Å². The van der Waals surface area contributed by atoms with Gasteiger partial charge in [0, 0.05) is 11.1 Å². The normalized spacial score (nSPS) is 13.4. The predicted molar refractivity (Wildman–Crippen MR) is 81.6 cm³/mol. The van der Waals surface area contributed by atoms with E-state index in [1.165, 1.54) is 28.4 Å². The first-order valence-electron chi connectivity index (χ1n) is 6.76. The zero-order valence-electron chi connectivity index (χ0n) is 11.8. The number of nitrogens with zero attached hydrogens (tertiary/aromatic N) is 2. The molecule has 0 aliphatic carbocycles. The first-order chi connectivity index (χ1) is 10.1. The van der Waals surface area contributed by atoms with Crippen LogP contribution in [0.2, 0.25) is 0 Å². The van der Waals surface area contributed by atoms with Gasteiger partial charge in [0.05, 0.1) is 25.4 Å². The average molecular weight is 329 g/mol. The molecule has 1 unspecified atom stereocenters. The number of aliphatic hydroxyl groups excluding tert-OH is 1. The lowest BCUT2D eigenvalue weighted by molar-refractivity contribution is 0.269. The van der Waals surface area contributed by atoms with Crippen molar-refractivity contribution in [1.29, 1.82) is 0 Å². The summed E-state index contributed by atoms with van der Waals surface area (Å²) in [6.45, 7) is 2.22. The Balaban J connectivity index is 2.17. The van der Waals surface area contributed by atoms with Gasteiger partial charge in [0.1, 0.15) is 4.90 Å². The van der Waals surface area contributed by atoms with Gasteiger partial charge >= 0.3 is 0 Å². The van der Waals surface area contributed by atoms with Crippen molar-refractivity contribution < 1.29 is 13.5 Å². The SMILES string of the molecule is CCCC(NS(=O)(=O)c1cnn(CCO)c1)c1cccs1. The van der Waals surface area contributed by atoms with Crippen LogP contribution in [0.3, 0.4) is 0 Å². The number of aliphatic hydroxyl groups is 1. The Bertz CT molecular complexity index is 650. The molecule has 2 rings (SSSR count). The average Bonchev–Trinajstić information content (AvgIpc) is 3.10. The fourth-order valence-corrected chi connectivity index (χ4v) is 4.09. The van der Waals surface area contributed by atoms with E-state index in [-0.39, 0.29) is 24.1 Å². The quantitative estimate of drug-likeness (QED) is 0.773. The maximum absolute atomic E-state index is 12.4. The Kier molecular flexibility index (Phi) is 5.51. The summed E-state index contributed by atoms with van der Waals surface area (Å²) in [5, 5.41) is 14.7. The number of sulfonamides is 1. The van der Waals surface area contributed by atoms with Crippen LogP contribution in [0.15, 0.2) is 34.8 Å². The number of hydrogen-bond acceptors (Lipinski definition) is 5. The van der Waals surface area contributed by atoms with Gasteiger partial charge < -0.3 is 5.11 Å². The summed E-state index contributed by atoms with van der Waals surface area (Å²) in [4.78, 5) is 1.12. The first-order valence-corrected chi connectivity index (χ1v) is 9.12. The fraction of sp³-hybridized carbons (Fsp3) is 0.462. The van der Waals surface area contributed by atoms with E-state index in [1.807, 2.05) is 24.4 Å². The van der Waals surface area contributed by atoms with E-state index in [9.17, 15) is 8.42 Å². The molecular formula is C13H19N3O3S2. The second-order valence-electron chi connectivity index (χ2n) is 4.64. The van der Waals surface area contributed by atoms with E-state index in [1.54, 1.807) is 0 Å². The highest BCUT2D eigenvalue weighted by atomic mass is 32.2. The van der Waals surface area contributed by atoms with Gasteiger partial charge in [-0.3, -0.25) is 4.68 Å².